The zero-order chi connectivity index (χ0) is 21.0. The SMILES string of the molecule is Cc1ccc(C(F)(F)F)cc1Nc1cc(-c2ccncc2)nc(N[C@H](C)CO)n1. The lowest BCUT2D eigenvalue weighted by Crippen LogP contribution is -2.21. The van der Waals surface area contributed by atoms with Crippen LogP contribution in [0.4, 0.5) is 30.6 Å². The number of aliphatic hydroxyl groups excluding tert-OH is 1. The molecule has 1 atom stereocenters. The minimum Gasteiger partial charge on any atom is -0.394 e. The molecule has 0 aliphatic rings. The van der Waals surface area contributed by atoms with Crippen molar-refractivity contribution in [2.24, 2.45) is 0 Å². The van der Waals surface area contributed by atoms with E-state index in [0.29, 0.717) is 22.8 Å². The number of nitrogens with zero attached hydrogens (tertiary/aromatic N) is 3. The van der Waals surface area contributed by atoms with Gasteiger partial charge in [-0.25, -0.2) is 4.98 Å². The number of aliphatic hydroxyl groups is 1. The van der Waals surface area contributed by atoms with E-state index in [1.54, 1.807) is 44.4 Å². The molecule has 0 radical (unpaired) electrons. The zero-order valence-electron chi connectivity index (χ0n) is 15.8. The highest BCUT2D eigenvalue weighted by Crippen LogP contribution is 2.33. The van der Waals surface area contributed by atoms with Gasteiger partial charge in [-0.2, -0.15) is 18.2 Å². The lowest BCUT2D eigenvalue weighted by atomic mass is 10.1. The molecule has 3 aromatic rings. The molecule has 0 bridgehead atoms. The normalized spacial score (nSPS) is 12.5. The van der Waals surface area contributed by atoms with Crippen LogP contribution < -0.4 is 10.6 Å². The van der Waals surface area contributed by atoms with Crippen molar-refractivity contribution in [2.75, 3.05) is 17.2 Å². The third-order valence-corrected chi connectivity index (χ3v) is 4.18. The molecule has 0 saturated heterocycles. The molecular formula is C20H20F3N5O. The van der Waals surface area contributed by atoms with Gasteiger partial charge in [-0.3, -0.25) is 4.98 Å². The molecule has 152 valence electrons. The van der Waals surface area contributed by atoms with Crippen LogP contribution in [0.5, 0.6) is 0 Å². The van der Waals surface area contributed by atoms with Gasteiger partial charge in [0.1, 0.15) is 5.82 Å². The van der Waals surface area contributed by atoms with E-state index < -0.39 is 11.7 Å². The van der Waals surface area contributed by atoms with Crippen LogP contribution in [0.25, 0.3) is 11.3 Å². The molecule has 9 heteroatoms. The number of benzene rings is 1. The van der Waals surface area contributed by atoms with E-state index >= 15 is 0 Å². The second-order valence-electron chi connectivity index (χ2n) is 6.58. The summed E-state index contributed by atoms with van der Waals surface area (Å²) in [6.07, 6.45) is -1.21. The number of nitrogens with one attached hydrogen (secondary N) is 2. The second kappa shape index (κ2) is 8.44. The van der Waals surface area contributed by atoms with Gasteiger partial charge in [0, 0.05) is 35.8 Å². The monoisotopic (exact) mass is 403 g/mol. The summed E-state index contributed by atoms with van der Waals surface area (Å²) in [7, 11) is 0. The Bertz CT molecular complexity index is 980. The maximum Gasteiger partial charge on any atom is 0.416 e. The van der Waals surface area contributed by atoms with Crippen molar-refractivity contribution in [3.8, 4) is 11.3 Å². The number of anilines is 3. The van der Waals surface area contributed by atoms with E-state index in [1.807, 2.05) is 0 Å². The van der Waals surface area contributed by atoms with E-state index in [4.69, 9.17) is 0 Å². The number of halogens is 3. The quantitative estimate of drug-likeness (QED) is 0.566. The number of aromatic nitrogens is 3. The lowest BCUT2D eigenvalue weighted by Gasteiger charge is -2.16. The Morgan fingerprint density at radius 1 is 1.07 bits per heavy atom. The van der Waals surface area contributed by atoms with Gasteiger partial charge in [-0.15, -0.1) is 0 Å². The predicted molar refractivity (Wildman–Crippen MR) is 105 cm³/mol. The van der Waals surface area contributed by atoms with Gasteiger partial charge in [0.25, 0.3) is 0 Å². The smallest absolute Gasteiger partial charge is 0.394 e. The average Bonchev–Trinajstić information content (AvgIpc) is 2.69. The molecule has 0 unspecified atom stereocenters. The maximum absolute atomic E-state index is 13.1. The van der Waals surface area contributed by atoms with Crippen LogP contribution in [-0.2, 0) is 6.18 Å². The molecule has 0 spiro atoms. The van der Waals surface area contributed by atoms with Gasteiger partial charge in [-0.05, 0) is 43.7 Å². The van der Waals surface area contributed by atoms with E-state index in [1.165, 1.54) is 6.07 Å². The van der Waals surface area contributed by atoms with Crippen LogP contribution in [0.15, 0.2) is 48.8 Å². The van der Waals surface area contributed by atoms with E-state index in [9.17, 15) is 18.3 Å². The third kappa shape index (κ3) is 5.20. The average molecular weight is 403 g/mol. The highest BCUT2D eigenvalue weighted by molar-refractivity contribution is 5.68. The Morgan fingerprint density at radius 3 is 2.45 bits per heavy atom. The van der Waals surface area contributed by atoms with Crippen LogP contribution in [0.3, 0.4) is 0 Å². The van der Waals surface area contributed by atoms with Crippen LogP contribution >= 0.6 is 0 Å². The Balaban J connectivity index is 2.01. The summed E-state index contributed by atoms with van der Waals surface area (Å²) < 4.78 is 39.2. The summed E-state index contributed by atoms with van der Waals surface area (Å²) in [5.74, 6) is 0.565. The van der Waals surface area contributed by atoms with Gasteiger partial charge in [0.05, 0.1) is 17.9 Å². The van der Waals surface area contributed by atoms with Crippen LogP contribution in [0.1, 0.15) is 18.1 Å². The molecule has 0 aliphatic carbocycles. The van der Waals surface area contributed by atoms with Gasteiger partial charge < -0.3 is 15.7 Å². The molecule has 2 heterocycles. The molecule has 0 fully saturated rings. The highest BCUT2D eigenvalue weighted by atomic mass is 19.4. The van der Waals surface area contributed by atoms with E-state index in [2.05, 4.69) is 25.6 Å². The maximum atomic E-state index is 13.1. The molecular weight excluding hydrogens is 383 g/mol. The standard InChI is InChI=1S/C20H20F3N5O/c1-12-3-4-15(20(21,22)23)9-16(12)26-18-10-17(14-5-7-24-8-6-14)27-19(28-18)25-13(2)11-29/h3-10,13,29H,11H2,1-2H3,(H2,25,26,27,28)/t13-/m1/s1. The zero-order valence-corrected chi connectivity index (χ0v) is 15.8. The van der Waals surface area contributed by atoms with Gasteiger partial charge in [0.2, 0.25) is 5.95 Å². The van der Waals surface area contributed by atoms with Crippen molar-refractivity contribution < 1.29 is 18.3 Å². The fourth-order valence-corrected chi connectivity index (χ4v) is 2.58. The first-order valence-corrected chi connectivity index (χ1v) is 8.88. The molecule has 29 heavy (non-hydrogen) atoms. The number of rotatable bonds is 6. The number of pyridine rings is 1. The number of alkyl halides is 3. The summed E-state index contributed by atoms with van der Waals surface area (Å²) >= 11 is 0. The van der Waals surface area contributed by atoms with Crippen molar-refractivity contribution in [3.05, 3.63) is 59.9 Å². The van der Waals surface area contributed by atoms with Crippen molar-refractivity contribution >= 4 is 17.5 Å². The molecule has 0 amide bonds. The Kier molecular flexibility index (Phi) is 5.97. The minimum atomic E-state index is -4.44. The largest absolute Gasteiger partial charge is 0.416 e. The molecule has 2 aromatic heterocycles. The Hall–Kier alpha value is -3.20. The fourth-order valence-electron chi connectivity index (χ4n) is 2.58. The highest BCUT2D eigenvalue weighted by Gasteiger charge is 2.30. The first-order chi connectivity index (χ1) is 13.8. The minimum absolute atomic E-state index is 0.127. The molecule has 0 saturated carbocycles. The van der Waals surface area contributed by atoms with Crippen molar-refractivity contribution in [3.63, 3.8) is 0 Å². The summed E-state index contributed by atoms with van der Waals surface area (Å²) in [4.78, 5) is 12.7. The van der Waals surface area contributed by atoms with Crippen molar-refractivity contribution in [1.82, 2.24) is 15.0 Å². The molecule has 6 nitrogen and oxygen atoms in total. The first kappa shape index (κ1) is 20.5. The predicted octanol–water partition coefficient (Wildman–Crippen LogP) is 4.40. The number of hydrogen-bond acceptors (Lipinski definition) is 6. The Morgan fingerprint density at radius 2 is 1.79 bits per heavy atom. The number of hydrogen-bond donors (Lipinski definition) is 3. The summed E-state index contributed by atoms with van der Waals surface area (Å²) in [5, 5.41) is 15.2. The summed E-state index contributed by atoms with van der Waals surface area (Å²) in [5.41, 5.74) is 1.51. The van der Waals surface area contributed by atoms with E-state index in [0.717, 1.165) is 17.7 Å². The molecule has 1 aromatic carbocycles. The fraction of sp³-hybridized carbons (Fsp3) is 0.250. The van der Waals surface area contributed by atoms with Gasteiger partial charge >= 0.3 is 6.18 Å². The van der Waals surface area contributed by atoms with E-state index in [-0.39, 0.29) is 18.6 Å². The van der Waals surface area contributed by atoms with Crippen LogP contribution in [0, 0.1) is 6.92 Å². The summed E-state index contributed by atoms with van der Waals surface area (Å²) in [6, 6.07) is 8.37. The molecule has 3 N–H and O–H groups in total. The van der Waals surface area contributed by atoms with Gasteiger partial charge in [-0.1, -0.05) is 6.07 Å². The summed E-state index contributed by atoms with van der Waals surface area (Å²) in [6.45, 7) is 3.34. The number of aryl methyl sites for hydroxylation is 1. The van der Waals surface area contributed by atoms with Gasteiger partial charge in [0.15, 0.2) is 0 Å². The van der Waals surface area contributed by atoms with Crippen molar-refractivity contribution in [2.45, 2.75) is 26.1 Å². The van der Waals surface area contributed by atoms with Crippen LogP contribution in [-0.4, -0.2) is 32.7 Å². The third-order valence-electron chi connectivity index (χ3n) is 4.18. The first-order valence-electron chi connectivity index (χ1n) is 8.88. The molecule has 3 rings (SSSR count). The molecule has 0 aliphatic heterocycles. The van der Waals surface area contributed by atoms with Crippen molar-refractivity contribution in [1.29, 1.82) is 0 Å². The topological polar surface area (TPSA) is 83.0 Å². The second-order valence-corrected chi connectivity index (χ2v) is 6.58. The Labute approximate surface area is 165 Å². The lowest BCUT2D eigenvalue weighted by molar-refractivity contribution is -0.137. The van der Waals surface area contributed by atoms with Crippen LogP contribution in [0.2, 0.25) is 0 Å².